The van der Waals surface area contributed by atoms with E-state index in [0.29, 0.717) is 27.4 Å². The number of pyridine rings is 1. The van der Waals surface area contributed by atoms with Crippen LogP contribution in [0.2, 0.25) is 0 Å². The maximum absolute atomic E-state index is 12.1. The lowest BCUT2D eigenvalue weighted by Gasteiger charge is -2.16. The Bertz CT molecular complexity index is 699. The van der Waals surface area contributed by atoms with Crippen molar-refractivity contribution in [1.29, 1.82) is 0 Å². The van der Waals surface area contributed by atoms with E-state index in [9.17, 15) is 4.79 Å². The van der Waals surface area contributed by atoms with Gasteiger partial charge in [-0.3, -0.25) is 4.79 Å². The number of nitrogens with one attached hydrogen (secondary N) is 1. The summed E-state index contributed by atoms with van der Waals surface area (Å²) in [7, 11) is 0. The van der Waals surface area contributed by atoms with Gasteiger partial charge in [0.25, 0.3) is 5.91 Å². The molecule has 2 heterocycles. The van der Waals surface area contributed by atoms with Crippen LogP contribution in [0.4, 0.5) is 5.69 Å². The normalized spacial score (nSPS) is 14.8. The number of rotatable bonds is 2. The van der Waals surface area contributed by atoms with Crippen molar-refractivity contribution in [3.63, 3.8) is 0 Å². The third kappa shape index (κ3) is 3.00. The summed E-state index contributed by atoms with van der Waals surface area (Å²) in [5, 5.41) is 2.80. The Hall–Kier alpha value is -2.08. The van der Waals surface area contributed by atoms with Crippen LogP contribution in [-0.2, 0) is 0 Å². The average molecular weight is 349 g/mol. The standard InChI is InChI=1S/C15H13BrN2O3/c1-15(2)20-11-5-4-10(7-12(11)21-15)18-14(19)9-3-6-13(16)17-8-9/h3-8H,1-2H3,(H,18,19). The molecule has 0 spiro atoms. The van der Waals surface area contributed by atoms with Gasteiger partial charge in [-0.1, -0.05) is 0 Å². The van der Waals surface area contributed by atoms with E-state index in [0.717, 1.165) is 0 Å². The van der Waals surface area contributed by atoms with Gasteiger partial charge < -0.3 is 14.8 Å². The molecule has 0 saturated carbocycles. The number of benzene rings is 1. The molecule has 0 atom stereocenters. The second-order valence-electron chi connectivity index (χ2n) is 5.09. The summed E-state index contributed by atoms with van der Waals surface area (Å²) >= 11 is 3.23. The van der Waals surface area contributed by atoms with Crippen LogP contribution >= 0.6 is 15.9 Å². The molecule has 0 bridgehead atoms. The number of halogens is 1. The predicted octanol–water partition coefficient (Wildman–Crippen LogP) is 3.60. The van der Waals surface area contributed by atoms with Crippen LogP contribution in [0.5, 0.6) is 11.5 Å². The minimum atomic E-state index is -0.680. The van der Waals surface area contributed by atoms with Crippen molar-refractivity contribution in [2.24, 2.45) is 0 Å². The van der Waals surface area contributed by atoms with E-state index < -0.39 is 5.79 Å². The molecular weight excluding hydrogens is 336 g/mol. The van der Waals surface area contributed by atoms with Gasteiger partial charge in [-0.25, -0.2) is 4.98 Å². The van der Waals surface area contributed by atoms with Crippen molar-refractivity contribution in [3.8, 4) is 11.5 Å². The first kappa shape index (κ1) is 13.9. The number of aromatic nitrogens is 1. The predicted molar refractivity (Wildman–Crippen MR) is 81.7 cm³/mol. The molecule has 1 aromatic heterocycles. The minimum absolute atomic E-state index is 0.229. The van der Waals surface area contributed by atoms with Crippen LogP contribution in [0.15, 0.2) is 41.1 Å². The number of carbonyl (C=O) groups is 1. The van der Waals surface area contributed by atoms with Crippen molar-refractivity contribution in [3.05, 3.63) is 46.7 Å². The van der Waals surface area contributed by atoms with Gasteiger partial charge in [0.05, 0.1) is 5.56 Å². The van der Waals surface area contributed by atoms with Gasteiger partial charge in [0.2, 0.25) is 5.79 Å². The van der Waals surface area contributed by atoms with Gasteiger partial charge in [0, 0.05) is 31.8 Å². The topological polar surface area (TPSA) is 60.5 Å². The fraction of sp³-hybridized carbons (Fsp3) is 0.200. The second kappa shape index (κ2) is 5.04. The van der Waals surface area contributed by atoms with E-state index in [1.54, 1.807) is 30.3 Å². The molecule has 0 aliphatic carbocycles. The molecule has 0 saturated heterocycles. The zero-order valence-electron chi connectivity index (χ0n) is 11.5. The monoisotopic (exact) mass is 348 g/mol. The summed E-state index contributed by atoms with van der Waals surface area (Å²) in [5.41, 5.74) is 1.12. The van der Waals surface area contributed by atoms with Crippen LogP contribution in [-0.4, -0.2) is 16.7 Å². The van der Waals surface area contributed by atoms with Crippen molar-refractivity contribution >= 4 is 27.5 Å². The van der Waals surface area contributed by atoms with Crippen molar-refractivity contribution in [2.75, 3.05) is 5.32 Å². The maximum atomic E-state index is 12.1. The molecule has 108 valence electrons. The minimum Gasteiger partial charge on any atom is -0.449 e. The highest BCUT2D eigenvalue weighted by molar-refractivity contribution is 9.10. The van der Waals surface area contributed by atoms with Crippen LogP contribution in [0.3, 0.4) is 0 Å². The summed E-state index contributed by atoms with van der Waals surface area (Å²) in [6.45, 7) is 3.66. The van der Waals surface area contributed by atoms with E-state index in [4.69, 9.17) is 9.47 Å². The molecule has 3 rings (SSSR count). The Morgan fingerprint density at radius 3 is 2.67 bits per heavy atom. The lowest BCUT2D eigenvalue weighted by Crippen LogP contribution is -2.29. The highest BCUT2D eigenvalue weighted by Crippen LogP contribution is 2.40. The van der Waals surface area contributed by atoms with Gasteiger partial charge in [-0.2, -0.15) is 0 Å². The van der Waals surface area contributed by atoms with Gasteiger partial charge in [0.1, 0.15) is 4.60 Å². The van der Waals surface area contributed by atoms with Gasteiger partial charge in [-0.15, -0.1) is 0 Å². The summed E-state index contributed by atoms with van der Waals surface area (Å²) in [4.78, 5) is 16.1. The third-order valence-electron chi connectivity index (χ3n) is 2.90. The second-order valence-corrected chi connectivity index (χ2v) is 5.90. The van der Waals surface area contributed by atoms with Gasteiger partial charge in [-0.05, 0) is 40.2 Å². The number of anilines is 1. The van der Waals surface area contributed by atoms with Crippen molar-refractivity contribution in [1.82, 2.24) is 4.98 Å². The van der Waals surface area contributed by atoms with Crippen LogP contribution < -0.4 is 14.8 Å². The lowest BCUT2D eigenvalue weighted by molar-refractivity contribution is -0.0431. The van der Waals surface area contributed by atoms with Crippen molar-refractivity contribution in [2.45, 2.75) is 19.6 Å². The van der Waals surface area contributed by atoms with Crippen LogP contribution in [0.25, 0.3) is 0 Å². The zero-order chi connectivity index (χ0) is 15.0. The Labute approximate surface area is 130 Å². The van der Waals surface area contributed by atoms with E-state index in [1.807, 2.05) is 13.8 Å². The fourth-order valence-electron chi connectivity index (χ4n) is 2.01. The molecule has 1 aromatic carbocycles. The molecule has 2 aromatic rings. The molecule has 0 radical (unpaired) electrons. The average Bonchev–Trinajstić information content (AvgIpc) is 2.72. The lowest BCUT2D eigenvalue weighted by atomic mass is 10.2. The largest absolute Gasteiger partial charge is 0.449 e. The molecular formula is C15H13BrN2O3. The Morgan fingerprint density at radius 2 is 1.95 bits per heavy atom. The fourth-order valence-corrected chi connectivity index (χ4v) is 2.25. The number of amides is 1. The van der Waals surface area contributed by atoms with Gasteiger partial charge in [0.15, 0.2) is 11.5 Å². The molecule has 0 fully saturated rings. The molecule has 1 amide bonds. The van der Waals surface area contributed by atoms with E-state index in [-0.39, 0.29) is 5.91 Å². The Morgan fingerprint density at radius 1 is 1.19 bits per heavy atom. The first-order chi connectivity index (χ1) is 9.93. The molecule has 6 heteroatoms. The molecule has 1 aliphatic rings. The number of hydrogen-bond donors (Lipinski definition) is 1. The number of fused-ring (bicyclic) bond motifs is 1. The molecule has 0 unspecified atom stereocenters. The number of hydrogen-bond acceptors (Lipinski definition) is 4. The SMILES string of the molecule is CC1(C)Oc2ccc(NC(=O)c3ccc(Br)nc3)cc2O1. The molecule has 1 N–H and O–H groups in total. The van der Waals surface area contributed by atoms with E-state index in [1.165, 1.54) is 6.20 Å². The number of carbonyl (C=O) groups excluding carboxylic acids is 1. The van der Waals surface area contributed by atoms with Gasteiger partial charge >= 0.3 is 0 Å². The number of nitrogens with zero attached hydrogens (tertiary/aromatic N) is 1. The van der Waals surface area contributed by atoms with Crippen molar-refractivity contribution < 1.29 is 14.3 Å². The third-order valence-corrected chi connectivity index (χ3v) is 3.37. The van der Waals surface area contributed by atoms with E-state index >= 15 is 0 Å². The molecule has 21 heavy (non-hydrogen) atoms. The smallest absolute Gasteiger partial charge is 0.257 e. The highest BCUT2D eigenvalue weighted by atomic mass is 79.9. The molecule has 1 aliphatic heterocycles. The maximum Gasteiger partial charge on any atom is 0.257 e. The Balaban J connectivity index is 1.77. The zero-order valence-corrected chi connectivity index (χ0v) is 13.1. The summed E-state index contributed by atoms with van der Waals surface area (Å²) in [5.74, 6) is 0.379. The van der Waals surface area contributed by atoms with Crippen LogP contribution in [0.1, 0.15) is 24.2 Å². The summed E-state index contributed by atoms with van der Waals surface area (Å²) in [6.07, 6.45) is 1.51. The van der Waals surface area contributed by atoms with Crippen LogP contribution in [0, 0.1) is 0 Å². The van der Waals surface area contributed by atoms with E-state index in [2.05, 4.69) is 26.2 Å². The first-order valence-corrected chi connectivity index (χ1v) is 7.17. The first-order valence-electron chi connectivity index (χ1n) is 6.38. The number of ether oxygens (including phenoxy) is 2. The molecule has 5 nitrogen and oxygen atoms in total. The quantitative estimate of drug-likeness (QED) is 0.842. The highest BCUT2D eigenvalue weighted by Gasteiger charge is 2.31. The summed E-state index contributed by atoms with van der Waals surface area (Å²) in [6, 6.07) is 8.71. The Kier molecular flexibility index (Phi) is 3.33. The summed E-state index contributed by atoms with van der Waals surface area (Å²) < 4.78 is 11.9.